The standard InChI is InChI=1S/C9H8N2/c1-2-8-4-6-11-9(7-8)3-5-10-11/h2-7H,1H2. The molecule has 0 spiro atoms. The minimum Gasteiger partial charge on any atom is -0.241 e. The Balaban J connectivity index is 2.76. The molecule has 0 amide bonds. The van der Waals surface area contributed by atoms with Crippen LogP contribution in [0.1, 0.15) is 5.56 Å². The highest BCUT2D eigenvalue weighted by molar-refractivity contribution is 5.56. The second kappa shape index (κ2) is 2.23. The van der Waals surface area contributed by atoms with Gasteiger partial charge in [-0.1, -0.05) is 12.7 Å². The average Bonchev–Trinajstić information content (AvgIpc) is 2.50. The topological polar surface area (TPSA) is 17.3 Å². The van der Waals surface area contributed by atoms with Gasteiger partial charge in [-0.05, 0) is 23.8 Å². The third-order valence-electron chi connectivity index (χ3n) is 1.66. The van der Waals surface area contributed by atoms with Gasteiger partial charge in [-0.3, -0.25) is 0 Å². The molecular formula is C9H8N2. The molecule has 0 saturated carbocycles. The lowest BCUT2D eigenvalue weighted by molar-refractivity contribution is 0.960. The first-order chi connectivity index (χ1) is 5.40. The lowest BCUT2D eigenvalue weighted by Gasteiger charge is -1.93. The van der Waals surface area contributed by atoms with E-state index in [0.717, 1.165) is 11.1 Å². The summed E-state index contributed by atoms with van der Waals surface area (Å²) in [6, 6.07) is 5.99. The molecule has 54 valence electrons. The number of nitrogens with zero attached hydrogens (tertiary/aromatic N) is 2. The van der Waals surface area contributed by atoms with Gasteiger partial charge >= 0.3 is 0 Å². The molecule has 0 N–H and O–H groups in total. The van der Waals surface area contributed by atoms with Gasteiger partial charge in [0, 0.05) is 12.4 Å². The Labute approximate surface area is 64.8 Å². The van der Waals surface area contributed by atoms with E-state index >= 15 is 0 Å². The van der Waals surface area contributed by atoms with E-state index in [0.29, 0.717) is 0 Å². The molecule has 0 unspecified atom stereocenters. The van der Waals surface area contributed by atoms with Gasteiger partial charge in [0.1, 0.15) is 0 Å². The van der Waals surface area contributed by atoms with E-state index in [2.05, 4.69) is 11.7 Å². The molecule has 0 fully saturated rings. The Morgan fingerprint density at radius 2 is 2.36 bits per heavy atom. The van der Waals surface area contributed by atoms with Gasteiger partial charge in [-0.25, -0.2) is 4.52 Å². The Kier molecular flexibility index (Phi) is 1.25. The molecule has 11 heavy (non-hydrogen) atoms. The van der Waals surface area contributed by atoms with Crippen LogP contribution in [0.15, 0.2) is 37.2 Å². The molecule has 0 aliphatic heterocycles. The van der Waals surface area contributed by atoms with Crippen LogP contribution in [0.4, 0.5) is 0 Å². The van der Waals surface area contributed by atoms with Crippen molar-refractivity contribution in [3.05, 3.63) is 42.7 Å². The predicted molar refractivity (Wildman–Crippen MR) is 45.3 cm³/mol. The second-order valence-electron chi connectivity index (χ2n) is 2.36. The van der Waals surface area contributed by atoms with Gasteiger partial charge in [0.2, 0.25) is 0 Å². The zero-order valence-electron chi connectivity index (χ0n) is 6.07. The number of fused-ring (bicyclic) bond motifs is 1. The van der Waals surface area contributed by atoms with Crippen LogP contribution in [0.25, 0.3) is 11.6 Å². The number of pyridine rings is 1. The summed E-state index contributed by atoms with van der Waals surface area (Å²) in [6.07, 6.45) is 5.53. The van der Waals surface area contributed by atoms with Crippen LogP contribution in [-0.2, 0) is 0 Å². The van der Waals surface area contributed by atoms with E-state index in [1.807, 2.05) is 35.0 Å². The molecule has 0 bridgehead atoms. The summed E-state index contributed by atoms with van der Waals surface area (Å²) in [7, 11) is 0. The number of hydrogen-bond donors (Lipinski definition) is 0. The summed E-state index contributed by atoms with van der Waals surface area (Å²) < 4.78 is 1.83. The second-order valence-corrected chi connectivity index (χ2v) is 2.36. The highest BCUT2D eigenvalue weighted by atomic mass is 15.2. The summed E-state index contributed by atoms with van der Waals surface area (Å²) in [4.78, 5) is 0. The first-order valence-electron chi connectivity index (χ1n) is 3.46. The predicted octanol–water partition coefficient (Wildman–Crippen LogP) is 1.98. The minimum absolute atomic E-state index is 1.10. The molecular weight excluding hydrogens is 136 g/mol. The van der Waals surface area contributed by atoms with E-state index < -0.39 is 0 Å². The van der Waals surface area contributed by atoms with Crippen molar-refractivity contribution < 1.29 is 0 Å². The number of rotatable bonds is 1. The average molecular weight is 144 g/mol. The summed E-state index contributed by atoms with van der Waals surface area (Å²) in [6.45, 7) is 3.69. The zero-order valence-corrected chi connectivity index (χ0v) is 6.07. The van der Waals surface area contributed by atoms with Crippen molar-refractivity contribution in [3.8, 4) is 0 Å². The highest BCUT2D eigenvalue weighted by Gasteiger charge is 1.91. The summed E-state index contributed by atoms with van der Waals surface area (Å²) in [5.74, 6) is 0. The van der Waals surface area contributed by atoms with Crippen LogP contribution in [0.5, 0.6) is 0 Å². The Bertz CT molecular complexity index is 387. The van der Waals surface area contributed by atoms with E-state index in [4.69, 9.17) is 0 Å². The van der Waals surface area contributed by atoms with Gasteiger partial charge < -0.3 is 0 Å². The minimum atomic E-state index is 1.10. The van der Waals surface area contributed by atoms with Gasteiger partial charge in [-0.2, -0.15) is 5.10 Å². The van der Waals surface area contributed by atoms with Crippen LogP contribution in [0.3, 0.4) is 0 Å². The quantitative estimate of drug-likeness (QED) is 0.598. The Morgan fingerprint density at radius 1 is 1.45 bits per heavy atom. The fraction of sp³-hybridized carbons (Fsp3) is 0. The first-order valence-corrected chi connectivity index (χ1v) is 3.46. The molecule has 0 saturated heterocycles. The molecule has 0 radical (unpaired) electrons. The molecule has 0 aromatic carbocycles. The fourth-order valence-electron chi connectivity index (χ4n) is 1.07. The number of hydrogen-bond acceptors (Lipinski definition) is 1. The van der Waals surface area contributed by atoms with Gasteiger partial charge in [0.15, 0.2) is 0 Å². The van der Waals surface area contributed by atoms with Crippen LogP contribution in [0, 0.1) is 0 Å². The molecule has 2 heteroatoms. The normalized spacial score (nSPS) is 10.2. The molecule has 2 nitrogen and oxygen atoms in total. The third kappa shape index (κ3) is 0.923. The van der Waals surface area contributed by atoms with Crippen molar-refractivity contribution in [2.45, 2.75) is 0 Å². The van der Waals surface area contributed by atoms with E-state index in [-0.39, 0.29) is 0 Å². The SMILES string of the molecule is C=Cc1ccn2nccc2c1. The molecule has 0 aliphatic rings. The first kappa shape index (κ1) is 6.16. The van der Waals surface area contributed by atoms with Crippen molar-refractivity contribution in [2.24, 2.45) is 0 Å². The smallest absolute Gasteiger partial charge is 0.0667 e. The van der Waals surface area contributed by atoms with E-state index in [9.17, 15) is 0 Å². The molecule has 2 rings (SSSR count). The maximum Gasteiger partial charge on any atom is 0.0667 e. The summed E-state index contributed by atoms with van der Waals surface area (Å²) >= 11 is 0. The molecule has 2 aromatic rings. The molecule has 2 heterocycles. The van der Waals surface area contributed by atoms with Gasteiger partial charge in [0.05, 0.1) is 5.52 Å². The monoisotopic (exact) mass is 144 g/mol. The molecule has 0 aliphatic carbocycles. The Hall–Kier alpha value is -1.57. The largest absolute Gasteiger partial charge is 0.241 e. The van der Waals surface area contributed by atoms with E-state index in [1.54, 1.807) is 6.20 Å². The van der Waals surface area contributed by atoms with Crippen LogP contribution in [0.2, 0.25) is 0 Å². The third-order valence-corrected chi connectivity index (χ3v) is 1.66. The maximum atomic E-state index is 4.08. The highest BCUT2D eigenvalue weighted by Crippen LogP contribution is 2.06. The molecule has 0 atom stereocenters. The fourth-order valence-corrected chi connectivity index (χ4v) is 1.07. The van der Waals surface area contributed by atoms with Crippen molar-refractivity contribution in [3.63, 3.8) is 0 Å². The van der Waals surface area contributed by atoms with Crippen LogP contribution in [-0.4, -0.2) is 9.61 Å². The van der Waals surface area contributed by atoms with Gasteiger partial charge in [-0.15, -0.1) is 0 Å². The van der Waals surface area contributed by atoms with Crippen LogP contribution < -0.4 is 0 Å². The summed E-state index contributed by atoms with van der Waals surface area (Å²) in [5.41, 5.74) is 2.22. The van der Waals surface area contributed by atoms with Crippen LogP contribution >= 0.6 is 0 Å². The van der Waals surface area contributed by atoms with Crippen molar-refractivity contribution in [1.82, 2.24) is 9.61 Å². The number of aromatic nitrogens is 2. The Morgan fingerprint density at radius 3 is 3.18 bits per heavy atom. The molecule has 2 aromatic heterocycles. The summed E-state index contributed by atoms with van der Waals surface area (Å²) in [5, 5.41) is 4.08. The van der Waals surface area contributed by atoms with Gasteiger partial charge in [0.25, 0.3) is 0 Å². The zero-order chi connectivity index (χ0) is 7.68. The van der Waals surface area contributed by atoms with Crippen molar-refractivity contribution in [2.75, 3.05) is 0 Å². The lowest BCUT2D eigenvalue weighted by atomic mass is 10.2. The maximum absolute atomic E-state index is 4.08. The van der Waals surface area contributed by atoms with Crippen molar-refractivity contribution >= 4 is 11.6 Å². The van der Waals surface area contributed by atoms with E-state index in [1.165, 1.54) is 0 Å². The van der Waals surface area contributed by atoms with Crippen molar-refractivity contribution in [1.29, 1.82) is 0 Å². The lowest BCUT2D eigenvalue weighted by Crippen LogP contribution is -1.84.